The number of unbranched alkanes of at least 4 members (excludes halogenated alkanes) is 2. The molecule has 0 saturated carbocycles. The molecule has 0 fully saturated rings. The van der Waals surface area contributed by atoms with Gasteiger partial charge in [-0.25, -0.2) is 0 Å². The van der Waals surface area contributed by atoms with E-state index in [0.717, 1.165) is 25.8 Å². The van der Waals surface area contributed by atoms with E-state index in [0.29, 0.717) is 5.75 Å². The van der Waals surface area contributed by atoms with Gasteiger partial charge in [0.2, 0.25) is 5.91 Å². The van der Waals surface area contributed by atoms with Crippen molar-refractivity contribution in [2.75, 3.05) is 18.6 Å². The van der Waals surface area contributed by atoms with E-state index < -0.39 is 10.8 Å². The molecule has 0 bridgehead atoms. The molecule has 4 nitrogen and oxygen atoms in total. The van der Waals surface area contributed by atoms with Gasteiger partial charge in [-0.15, -0.1) is 0 Å². The van der Waals surface area contributed by atoms with Gasteiger partial charge in [0, 0.05) is 35.4 Å². The van der Waals surface area contributed by atoms with Gasteiger partial charge in [0.15, 0.2) is 0 Å². The lowest BCUT2D eigenvalue weighted by Gasteiger charge is -2.18. The molecular formula is C12H26N2O2S. The smallest absolute Gasteiger partial charge is 0.236 e. The molecule has 1 amide bonds. The minimum absolute atomic E-state index is 0.0230. The molecule has 0 rings (SSSR count). The first-order chi connectivity index (χ1) is 7.97. The Morgan fingerprint density at radius 3 is 2.47 bits per heavy atom. The molecule has 0 aliphatic heterocycles. The van der Waals surface area contributed by atoms with Gasteiger partial charge in [-0.2, -0.15) is 0 Å². The lowest BCUT2D eigenvalue weighted by atomic mass is 10.2. The van der Waals surface area contributed by atoms with Crippen LogP contribution in [0.3, 0.4) is 0 Å². The Morgan fingerprint density at radius 2 is 1.94 bits per heavy atom. The van der Waals surface area contributed by atoms with Crippen molar-refractivity contribution >= 4 is 16.7 Å². The molecule has 0 spiro atoms. The number of amides is 1. The largest absolute Gasteiger partial charge is 0.355 e. The van der Waals surface area contributed by atoms with Crippen LogP contribution in [-0.4, -0.2) is 40.8 Å². The van der Waals surface area contributed by atoms with Gasteiger partial charge in [0.1, 0.15) is 0 Å². The van der Waals surface area contributed by atoms with E-state index in [1.807, 2.05) is 13.8 Å². The Bertz CT molecular complexity index is 247. The summed E-state index contributed by atoms with van der Waals surface area (Å²) in [5.41, 5.74) is 0. The first-order valence-electron chi connectivity index (χ1n) is 6.31. The molecule has 5 heteroatoms. The molecule has 3 atom stereocenters. The fourth-order valence-electron chi connectivity index (χ4n) is 1.64. The summed E-state index contributed by atoms with van der Waals surface area (Å²) < 4.78 is 11.0. The molecule has 3 unspecified atom stereocenters. The molecule has 0 heterocycles. The first kappa shape index (κ1) is 16.6. The summed E-state index contributed by atoms with van der Waals surface area (Å²) >= 11 is 0. The maximum atomic E-state index is 11.7. The van der Waals surface area contributed by atoms with Crippen LogP contribution in [0.25, 0.3) is 0 Å². The fourth-order valence-corrected chi connectivity index (χ4v) is 2.44. The molecule has 0 aromatic heterocycles. The minimum atomic E-state index is -0.828. The van der Waals surface area contributed by atoms with Gasteiger partial charge in [-0.1, -0.05) is 19.8 Å². The number of carbonyl (C=O) groups is 1. The van der Waals surface area contributed by atoms with Crippen LogP contribution in [0.2, 0.25) is 0 Å². The van der Waals surface area contributed by atoms with Crippen molar-refractivity contribution < 1.29 is 9.00 Å². The molecule has 0 aromatic rings. The minimum Gasteiger partial charge on any atom is -0.355 e. The van der Waals surface area contributed by atoms with Crippen molar-refractivity contribution in [2.24, 2.45) is 0 Å². The Morgan fingerprint density at radius 1 is 1.29 bits per heavy atom. The average molecular weight is 262 g/mol. The number of carbonyl (C=O) groups excluding carboxylic acids is 1. The summed E-state index contributed by atoms with van der Waals surface area (Å²) in [7, 11) is -0.828. The maximum Gasteiger partial charge on any atom is 0.236 e. The fraction of sp³-hybridized carbons (Fsp3) is 0.917. The zero-order chi connectivity index (χ0) is 13.3. The van der Waals surface area contributed by atoms with Gasteiger partial charge < -0.3 is 10.6 Å². The third kappa shape index (κ3) is 9.30. The summed E-state index contributed by atoms with van der Waals surface area (Å²) in [5, 5.41) is 6.05. The third-order valence-corrected chi connectivity index (χ3v) is 3.46. The molecular weight excluding hydrogens is 236 g/mol. The zero-order valence-electron chi connectivity index (χ0n) is 11.4. The predicted octanol–water partition coefficient (Wildman–Crippen LogP) is 1.04. The second kappa shape index (κ2) is 9.59. The second-order valence-electron chi connectivity index (χ2n) is 4.53. The van der Waals surface area contributed by atoms with Gasteiger partial charge in [-0.3, -0.25) is 9.00 Å². The average Bonchev–Trinajstić information content (AvgIpc) is 2.22. The highest BCUT2D eigenvalue weighted by atomic mass is 32.2. The van der Waals surface area contributed by atoms with Crippen molar-refractivity contribution in [1.29, 1.82) is 0 Å². The van der Waals surface area contributed by atoms with E-state index in [2.05, 4.69) is 17.6 Å². The molecule has 0 aliphatic carbocycles. The summed E-state index contributed by atoms with van der Waals surface area (Å²) in [5.74, 6) is 0.600. The van der Waals surface area contributed by atoms with Crippen molar-refractivity contribution in [3.05, 3.63) is 0 Å². The van der Waals surface area contributed by atoms with E-state index >= 15 is 0 Å². The quantitative estimate of drug-likeness (QED) is 0.610. The van der Waals surface area contributed by atoms with Gasteiger partial charge >= 0.3 is 0 Å². The van der Waals surface area contributed by atoms with Crippen LogP contribution in [0.15, 0.2) is 0 Å². The maximum absolute atomic E-state index is 11.7. The number of hydrogen-bond acceptors (Lipinski definition) is 3. The van der Waals surface area contributed by atoms with Crippen molar-refractivity contribution in [2.45, 2.75) is 52.1 Å². The van der Waals surface area contributed by atoms with Crippen LogP contribution in [0.4, 0.5) is 0 Å². The summed E-state index contributed by atoms with van der Waals surface area (Å²) in [6.07, 6.45) is 5.01. The van der Waals surface area contributed by atoms with Crippen LogP contribution >= 0.6 is 0 Å². The molecule has 0 saturated heterocycles. The SMILES string of the molecule is CCCCCNC(=O)C(C)NC(C)CS(C)=O. The Labute approximate surface area is 107 Å². The van der Waals surface area contributed by atoms with Crippen molar-refractivity contribution in [1.82, 2.24) is 10.6 Å². The zero-order valence-corrected chi connectivity index (χ0v) is 12.2. The predicted molar refractivity (Wildman–Crippen MR) is 73.5 cm³/mol. The van der Waals surface area contributed by atoms with E-state index in [-0.39, 0.29) is 18.0 Å². The summed E-state index contributed by atoms with van der Waals surface area (Å²) in [4.78, 5) is 11.7. The van der Waals surface area contributed by atoms with E-state index in [1.54, 1.807) is 6.26 Å². The van der Waals surface area contributed by atoms with Crippen LogP contribution < -0.4 is 10.6 Å². The van der Waals surface area contributed by atoms with Crippen LogP contribution in [-0.2, 0) is 15.6 Å². The highest BCUT2D eigenvalue weighted by Crippen LogP contribution is 1.93. The number of nitrogens with one attached hydrogen (secondary N) is 2. The summed E-state index contributed by atoms with van der Waals surface area (Å²) in [6.45, 7) is 6.66. The van der Waals surface area contributed by atoms with Crippen molar-refractivity contribution in [3.8, 4) is 0 Å². The number of hydrogen-bond donors (Lipinski definition) is 2. The van der Waals surface area contributed by atoms with E-state index in [1.165, 1.54) is 0 Å². The summed E-state index contributed by atoms with van der Waals surface area (Å²) in [6, 6.07) is -0.132. The molecule has 0 aliphatic rings. The Kier molecular flexibility index (Phi) is 9.36. The first-order valence-corrected chi connectivity index (χ1v) is 8.03. The Balaban J connectivity index is 3.76. The normalized spacial score (nSPS) is 16.2. The molecule has 0 radical (unpaired) electrons. The van der Waals surface area contributed by atoms with Gasteiger partial charge in [-0.05, 0) is 20.3 Å². The lowest BCUT2D eigenvalue weighted by molar-refractivity contribution is -0.122. The lowest BCUT2D eigenvalue weighted by Crippen LogP contribution is -2.47. The van der Waals surface area contributed by atoms with Crippen LogP contribution in [0, 0.1) is 0 Å². The highest BCUT2D eigenvalue weighted by molar-refractivity contribution is 7.84. The van der Waals surface area contributed by atoms with Crippen LogP contribution in [0.1, 0.15) is 40.0 Å². The molecule has 0 aromatic carbocycles. The monoisotopic (exact) mass is 262 g/mol. The molecule has 2 N–H and O–H groups in total. The highest BCUT2D eigenvalue weighted by Gasteiger charge is 2.15. The van der Waals surface area contributed by atoms with Crippen molar-refractivity contribution in [3.63, 3.8) is 0 Å². The van der Waals surface area contributed by atoms with Gasteiger partial charge in [0.25, 0.3) is 0 Å². The second-order valence-corrected chi connectivity index (χ2v) is 6.01. The van der Waals surface area contributed by atoms with Gasteiger partial charge in [0.05, 0.1) is 6.04 Å². The standard InChI is InChI=1S/C12H26N2O2S/c1-5-6-7-8-13-12(15)11(3)14-10(2)9-17(4)16/h10-11,14H,5-9H2,1-4H3,(H,13,15). The molecule has 17 heavy (non-hydrogen) atoms. The third-order valence-electron chi connectivity index (χ3n) is 2.49. The Hall–Kier alpha value is -0.420. The number of rotatable bonds is 9. The van der Waals surface area contributed by atoms with Crippen LogP contribution in [0.5, 0.6) is 0 Å². The topological polar surface area (TPSA) is 58.2 Å². The van der Waals surface area contributed by atoms with E-state index in [4.69, 9.17) is 0 Å². The van der Waals surface area contributed by atoms with E-state index in [9.17, 15) is 9.00 Å². The molecule has 102 valence electrons.